The molecule has 1 aromatic carbocycles. The van der Waals surface area contributed by atoms with Crippen LogP contribution in [0, 0.1) is 13.8 Å². The van der Waals surface area contributed by atoms with Crippen molar-refractivity contribution < 1.29 is 9.32 Å². The molecule has 3 rings (SSSR count). The molecule has 0 bridgehead atoms. The molecule has 5 nitrogen and oxygen atoms in total. The number of nitrogens with one attached hydrogen (secondary N) is 1. The molecule has 0 unspecified atom stereocenters. The zero-order valence-corrected chi connectivity index (χ0v) is 12.2. The van der Waals surface area contributed by atoms with Gasteiger partial charge in [-0.15, -0.1) is 0 Å². The molecule has 0 aliphatic rings. The van der Waals surface area contributed by atoms with E-state index >= 15 is 0 Å². The molecule has 6 heteroatoms. The number of amides is 1. The summed E-state index contributed by atoms with van der Waals surface area (Å²) >= 11 is 5.92. The van der Waals surface area contributed by atoms with Crippen molar-refractivity contribution in [3.63, 3.8) is 0 Å². The molecule has 0 saturated heterocycles. The van der Waals surface area contributed by atoms with Crippen LogP contribution in [-0.2, 0) is 0 Å². The lowest BCUT2D eigenvalue weighted by atomic mass is 10.1. The highest BCUT2D eigenvalue weighted by Crippen LogP contribution is 2.23. The Morgan fingerprint density at radius 3 is 2.86 bits per heavy atom. The van der Waals surface area contributed by atoms with Crippen molar-refractivity contribution in [2.45, 2.75) is 13.8 Å². The Morgan fingerprint density at radius 1 is 1.29 bits per heavy atom. The van der Waals surface area contributed by atoms with Crippen molar-refractivity contribution in [2.24, 2.45) is 0 Å². The van der Waals surface area contributed by atoms with Crippen molar-refractivity contribution in [3.05, 3.63) is 52.3 Å². The first-order valence-electron chi connectivity index (χ1n) is 6.35. The van der Waals surface area contributed by atoms with Crippen molar-refractivity contribution in [1.82, 2.24) is 10.1 Å². The summed E-state index contributed by atoms with van der Waals surface area (Å²) in [7, 11) is 0. The summed E-state index contributed by atoms with van der Waals surface area (Å²) in [6.07, 6.45) is 0. The van der Waals surface area contributed by atoms with E-state index in [0.29, 0.717) is 38.8 Å². The predicted octanol–water partition coefficient (Wildman–Crippen LogP) is 3.75. The van der Waals surface area contributed by atoms with Crippen molar-refractivity contribution in [2.75, 3.05) is 5.32 Å². The number of pyridine rings is 1. The molecular formula is C15H12ClN3O2. The van der Waals surface area contributed by atoms with Crippen LogP contribution in [0.15, 0.2) is 34.9 Å². The van der Waals surface area contributed by atoms with Gasteiger partial charge >= 0.3 is 0 Å². The SMILES string of the molecule is Cc1cc(C(=O)Nc2cccc(Cl)c2)c2c(C)noc2n1. The number of fused-ring (bicyclic) bond motifs is 1. The van der Waals surface area contributed by atoms with Gasteiger partial charge in [0.05, 0.1) is 16.6 Å². The highest BCUT2D eigenvalue weighted by atomic mass is 35.5. The van der Waals surface area contributed by atoms with Crippen LogP contribution in [0.3, 0.4) is 0 Å². The third kappa shape index (κ3) is 2.60. The standard InChI is InChI=1S/C15H12ClN3O2/c1-8-6-12(13-9(2)19-21-15(13)17-8)14(20)18-11-5-3-4-10(16)7-11/h3-7H,1-2H3,(H,18,20). The first-order valence-corrected chi connectivity index (χ1v) is 6.73. The molecule has 0 aliphatic heterocycles. The molecule has 0 fully saturated rings. The van der Waals surface area contributed by atoms with Gasteiger partial charge in [0.2, 0.25) is 0 Å². The van der Waals surface area contributed by atoms with Gasteiger partial charge < -0.3 is 9.84 Å². The summed E-state index contributed by atoms with van der Waals surface area (Å²) in [5, 5.41) is 7.86. The Balaban J connectivity index is 2.03. The minimum Gasteiger partial charge on any atom is -0.336 e. The number of carbonyl (C=O) groups is 1. The van der Waals surface area contributed by atoms with E-state index in [1.807, 2.05) is 0 Å². The number of nitrogens with zero attached hydrogens (tertiary/aromatic N) is 2. The summed E-state index contributed by atoms with van der Waals surface area (Å²) in [5.41, 5.74) is 2.80. The van der Waals surface area contributed by atoms with Gasteiger partial charge in [-0.1, -0.05) is 22.8 Å². The molecule has 1 amide bonds. The molecule has 0 aliphatic carbocycles. The maximum absolute atomic E-state index is 12.5. The number of aromatic nitrogens is 2. The highest BCUT2D eigenvalue weighted by Gasteiger charge is 2.17. The Hall–Kier alpha value is -2.40. The van der Waals surface area contributed by atoms with Gasteiger partial charge in [0.25, 0.3) is 11.6 Å². The van der Waals surface area contributed by atoms with E-state index in [0.717, 1.165) is 0 Å². The summed E-state index contributed by atoms with van der Waals surface area (Å²) in [4.78, 5) is 16.7. The van der Waals surface area contributed by atoms with Gasteiger partial charge in [0.15, 0.2) is 0 Å². The van der Waals surface area contributed by atoms with E-state index in [1.165, 1.54) is 0 Å². The van der Waals surface area contributed by atoms with Crippen LogP contribution in [0.2, 0.25) is 5.02 Å². The van der Waals surface area contributed by atoms with E-state index in [1.54, 1.807) is 44.2 Å². The van der Waals surface area contributed by atoms with Gasteiger partial charge in [0.1, 0.15) is 0 Å². The second-order valence-corrected chi connectivity index (χ2v) is 5.16. The van der Waals surface area contributed by atoms with Crippen LogP contribution < -0.4 is 5.32 Å². The Labute approximate surface area is 125 Å². The van der Waals surface area contributed by atoms with Gasteiger partial charge in [-0.05, 0) is 38.1 Å². The minimum atomic E-state index is -0.251. The molecular weight excluding hydrogens is 290 g/mol. The Morgan fingerprint density at radius 2 is 2.10 bits per heavy atom. The fraction of sp³-hybridized carbons (Fsp3) is 0.133. The quantitative estimate of drug-likeness (QED) is 0.783. The first kappa shape index (κ1) is 13.6. The molecule has 1 N–H and O–H groups in total. The maximum atomic E-state index is 12.5. The van der Waals surface area contributed by atoms with Crippen LogP contribution in [0.5, 0.6) is 0 Å². The molecule has 0 radical (unpaired) electrons. The number of hydrogen-bond donors (Lipinski definition) is 1. The lowest BCUT2D eigenvalue weighted by Gasteiger charge is -2.07. The lowest BCUT2D eigenvalue weighted by Crippen LogP contribution is -2.13. The van der Waals surface area contributed by atoms with Crippen molar-refractivity contribution >= 4 is 34.3 Å². The van der Waals surface area contributed by atoms with E-state index in [2.05, 4.69) is 15.5 Å². The topological polar surface area (TPSA) is 68.0 Å². The third-order valence-corrected chi connectivity index (χ3v) is 3.31. The second kappa shape index (κ2) is 5.18. The molecule has 3 aromatic rings. The fourth-order valence-electron chi connectivity index (χ4n) is 2.16. The fourth-order valence-corrected chi connectivity index (χ4v) is 2.35. The normalized spacial score (nSPS) is 10.8. The van der Waals surface area contributed by atoms with Crippen molar-refractivity contribution in [1.29, 1.82) is 0 Å². The molecule has 2 aromatic heterocycles. The maximum Gasteiger partial charge on any atom is 0.258 e. The molecule has 0 atom stereocenters. The number of carbonyl (C=O) groups excluding carboxylic acids is 1. The summed E-state index contributed by atoms with van der Waals surface area (Å²) in [6.45, 7) is 3.58. The Bertz CT molecular complexity index is 842. The third-order valence-electron chi connectivity index (χ3n) is 3.07. The highest BCUT2D eigenvalue weighted by molar-refractivity contribution is 6.31. The number of halogens is 1. The number of benzene rings is 1. The minimum absolute atomic E-state index is 0.251. The van der Waals surface area contributed by atoms with Crippen LogP contribution in [-0.4, -0.2) is 16.0 Å². The first-order chi connectivity index (χ1) is 10.0. The number of aryl methyl sites for hydroxylation is 2. The molecule has 2 heterocycles. The van der Waals surface area contributed by atoms with Gasteiger partial charge in [0, 0.05) is 16.4 Å². The monoisotopic (exact) mass is 301 g/mol. The lowest BCUT2D eigenvalue weighted by molar-refractivity contribution is 0.102. The van der Waals surface area contributed by atoms with Crippen LogP contribution >= 0.6 is 11.6 Å². The number of anilines is 1. The van der Waals surface area contributed by atoms with Crippen LogP contribution in [0.1, 0.15) is 21.7 Å². The number of rotatable bonds is 2. The largest absolute Gasteiger partial charge is 0.336 e. The zero-order chi connectivity index (χ0) is 15.0. The average Bonchev–Trinajstić information content (AvgIpc) is 2.79. The molecule has 21 heavy (non-hydrogen) atoms. The molecule has 0 spiro atoms. The summed E-state index contributed by atoms with van der Waals surface area (Å²) in [6, 6.07) is 8.69. The van der Waals surface area contributed by atoms with E-state index in [4.69, 9.17) is 16.1 Å². The van der Waals surface area contributed by atoms with Gasteiger partial charge in [-0.3, -0.25) is 4.79 Å². The smallest absolute Gasteiger partial charge is 0.258 e. The average molecular weight is 302 g/mol. The summed E-state index contributed by atoms with van der Waals surface area (Å²) < 4.78 is 5.13. The predicted molar refractivity (Wildman–Crippen MR) is 80.7 cm³/mol. The van der Waals surface area contributed by atoms with Crippen LogP contribution in [0.25, 0.3) is 11.1 Å². The van der Waals surface area contributed by atoms with E-state index in [9.17, 15) is 4.79 Å². The van der Waals surface area contributed by atoms with E-state index < -0.39 is 0 Å². The molecule has 106 valence electrons. The van der Waals surface area contributed by atoms with Gasteiger partial charge in [-0.2, -0.15) is 0 Å². The van der Waals surface area contributed by atoms with Crippen LogP contribution in [0.4, 0.5) is 5.69 Å². The van der Waals surface area contributed by atoms with Crippen molar-refractivity contribution in [3.8, 4) is 0 Å². The van der Waals surface area contributed by atoms with E-state index in [-0.39, 0.29) is 5.91 Å². The van der Waals surface area contributed by atoms with Gasteiger partial charge in [-0.25, -0.2) is 4.98 Å². The Kier molecular flexibility index (Phi) is 3.35. The zero-order valence-electron chi connectivity index (χ0n) is 11.5. The number of hydrogen-bond acceptors (Lipinski definition) is 4. The summed E-state index contributed by atoms with van der Waals surface area (Å²) in [5.74, 6) is -0.251. The molecule has 0 saturated carbocycles. The second-order valence-electron chi connectivity index (χ2n) is 4.72.